The molecule has 0 saturated heterocycles. The molecule has 0 aliphatic heterocycles. The standard InChI is InChI=1S/C15H16.C2H6/c1-15(2,13-9-5-3-6-10-13)14-11-7-4-8-12-14;1-2/h3-12H,1-2H3;1-2H3. The van der Waals surface area contributed by atoms with E-state index in [0.717, 1.165) is 0 Å². The van der Waals surface area contributed by atoms with Gasteiger partial charge in [0.25, 0.3) is 0 Å². The molecule has 0 aliphatic carbocycles. The average molecular weight is 226 g/mol. The number of benzene rings is 2. The highest BCUT2D eigenvalue weighted by atomic mass is 14.2. The molecule has 2 rings (SSSR count). The van der Waals surface area contributed by atoms with Gasteiger partial charge in [0.15, 0.2) is 0 Å². The first kappa shape index (κ1) is 13.5. The number of rotatable bonds is 2. The Bertz CT molecular complexity index is 371. The largest absolute Gasteiger partial charge is 0.0683 e. The van der Waals surface area contributed by atoms with Crippen molar-refractivity contribution in [1.82, 2.24) is 0 Å². The van der Waals surface area contributed by atoms with Crippen molar-refractivity contribution in [3.8, 4) is 0 Å². The fourth-order valence-electron chi connectivity index (χ4n) is 1.88. The number of hydrogen-bond donors (Lipinski definition) is 0. The third-order valence-corrected chi connectivity index (χ3v) is 2.99. The summed E-state index contributed by atoms with van der Waals surface area (Å²) in [5.41, 5.74) is 2.80. The predicted octanol–water partition coefficient (Wildman–Crippen LogP) is 5.04. The molecule has 0 amide bonds. The average Bonchev–Trinajstić information content (AvgIpc) is 2.43. The van der Waals surface area contributed by atoms with Gasteiger partial charge in [0.2, 0.25) is 0 Å². The van der Waals surface area contributed by atoms with Gasteiger partial charge in [0.1, 0.15) is 0 Å². The minimum atomic E-state index is 0.0858. The maximum Gasteiger partial charge on any atom is 0.0146 e. The predicted molar refractivity (Wildman–Crippen MR) is 76.4 cm³/mol. The van der Waals surface area contributed by atoms with Crippen LogP contribution < -0.4 is 0 Å². The molecule has 17 heavy (non-hydrogen) atoms. The van der Waals surface area contributed by atoms with Gasteiger partial charge in [-0.25, -0.2) is 0 Å². The lowest BCUT2D eigenvalue weighted by atomic mass is 9.78. The van der Waals surface area contributed by atoms with Crippen molar-refractivity contribution in [2.45, 2.75) is 33.1 Å². The van der Waals surface area contributed by atoms with Gasteiger partial charge in [0, 0.05) is 5.41 Å². The molecule has 90 valence electrons. The van der Waals surface area contributed by atoms with Crippen LogP contribution in [0, 0.1) is 0 Å². The second-order valence-corrected chi connectivity index (χ2v) is 4.36. The van der Waals surface area contributed by atoms with Crippen LogP contribution in [0.15, 0.2) is 60.7 Å². The summed E-state index contributed by atoms with van der Waals surface area (Å²) in [5, 5.41) is 0. The van der Waals surface area contributed by atoms with Crippen LogP contribution in [0.3, 0.4) is 0 Å². The lowest BCUT2D eigenvalue weighted by Crippen LogP contribution is -2.18. The first-order valence-electron chi connectivity index (χ1n) is 6.32. The zero-order chi connectivity index (χ0) is 12.7. The second kappa shape index (κ2) is 6.24. The van der Waals surface area contributed by atoms with E-state index in [0.29, 0.717) is 0 Å². The maximum atomic E-state index is 2.26. The smallest absolute Gasteiger partial charge is 0.0146 e. The number of hydrogen-bond acceptors (Lipinski definition) is 0. The molecule has 0 heteroatoms. The molecule has 0 spiro atoms. The fraction of sp³-hybridized carbons (Fsp3) is 0.294. The minimum Gasteiger partial charge on any atom is -0.0683 e. The molecule has 0 unspecified atom stereocenters. The van der Waals surface area contributed by atoms with E-state index in [9.17, 15) is 0 Å². The van der Waals surface area contributed by atoms with Gasteiger partial charge < -0.3 is 0 Å². The molecule has 0 nitrogen and oxygen atoms in total. The monoisotopic (exact) mass is 226 g/mol. The first-order chi connectivity index (χ1) is 8.21. The Morgan fingerprint density at radius 1 is 0.588 bits per heavy atom. The summed E-state index contributed by atoms with van der Waals surface area (Å²) in [4.78, 5) is 0. The summed E-state index contributed by atoms with van der Waals surface area (Å²) >= 11 is 0. The topological polar surface area (TPSA) is 0 Å². The third kappa shape index (κ3) is 3.20. The molecule has 0 bridgehead atoms. The van der Waals surface area contributed by atoms with Crippen LogP contribution in [0.25, 0.3) is 0 Å². The zero-order valence-corrected chi connectivity index (χ0v) is 11.3. The van der Waals surface area contributed by atoms with Gasteiger partial charge in [-0.05, 0) is 11.1 Å². The molecule has 2 aromatic carbocycles. The fourth-order valence-corrected chi connectivity index (χ4v) is 1.88. The van der Waals surface area contributed by atoms with Gasteiger partial charge in [-0.15, -0.1) is 0 Å². The van der Waals surface area contributed by atoms with E-state index in [1.807, 2.05) is 13.8 Å². The van der Waals surface area contributed by atoms with Crippen LogP contribution in [0.2, 0.25) is 0 Å². The van der Waals surface area contributed by atoms with Crippen molar-refractivity contribution in [2.75, 3.05) is 0 Å². The van der Waals surface area contributed by atoms with Crippen molar-refractivity contribution in [2.24, 2.45) is 0 Å². The summed E-state index contributed by atoms with van der Waals surface area (Å²) in [6, 6.07) is 21.3. The van der Waals surface area contributed by atoms with E-state index in [1.165, 1.54) is 11.1 Å². The van der Waals surface area contributed by atoms with Crippen molar-refractivity contribution in [3.05, 3.63) is 71.8 Å². The van der Waals surface area contributed by atoms with E-state index in [-0.39, 0.29) is 5.41 Å². The molecule has 2 aromatic rings. The Morgan fingerprint density at radius 2 is 0.882 bits per heavy atom. The van der Waals surface area contributed by atoms with E-state index in [4.69, 9.17) is 0 Å². The summed E-state index contributed by atoms with van der Waals surface area (Å²) in [5.74, 6) is 0. The summed E-state index contributed by atoms with van der Waals surface area (Å²) < 4.78 is 0. The molecule has 0 heterocycles. The van der Waals surface area contributed by atoms with E-state index >= 15 is 0 Å². The SMILES string of the molecule is CC.CC(C)(c1ccccc1)c1ccccc1. The lowest BCUT2D eigenvalue weighted by molar-refractivity contribution is 0.641. The summed E-state index contributed by atoms with van der Waals surface area (Å²) in [6.07, 6.45) is 0. The van der Waals surface area contributed by atoms with Gasteiger partial charge in [-0.2, -0.15) is 0 Å². The molecular weight excluding hydrogens is 204 g/mol. The van der Waals surface area contributed by atoms with Crippen LogP contribution >= 0.6 is 0 Å². The van der Waals surface area contributed by atoms with E-state index < -0.39 is 0 Å². The maximum absolute atomic E-state index is 2.26. The van der Waals surface area contributed by atoms with Crippen molar-refractivity contribution >= 4 is 0 Å². The van der Waals surface area contributed by atoms with Crippen LogP contribution in [0.1, 0.15) is 38.8 Å². The molecular formula is C17H22. The van der Waals surface area contributed by atoms with Crippen molar-refractivity contribution < 1.29 is 0 Å². The highest BCUT2D eigenvalue weighted by Gasteiger charge is 2.21. The normalized spacial score (nSPS) is 10.4. The van der Waals surface area contributed by atoms with Crippen LogP contribution in [0.5, 0.6) is 0 Å². The Balaban J connectivity index is 0.000000686. The van der Waals surface area contributed by atoms with Crippen LogP contribution in [0.4, 0.5) is 0 Å². The Kier molecular flexibility index (Phi) is 4.96. The van der Waals surface area contributed by atoms with Gasteiger partial charge in [-0.3, -0.25) is 0 Å². The van der Waals surface area contributed by atoms with Gasteiger partial charge >= 0.3 is 0 Å². The molecule has 0 aromatic heterocycles. The minimum absolute atomic E-state index is 0.0858. The Hall–Kier alpha value is -1.56. The lowest BCUT2D eigenvalue weighted by Gasteiger charge is -2.25. The van der Waals surface area contributed by atoms with Crippen LogP contribution in [-0.4, -0.2) is 0 Å². The van der Waals surface area contributed by atoms with Gasteiger partial charge in [-0.1, -0.05) is 88.4 Å². The van der Waals surface area contributed by atoms with Crippen LogP contribution in [-0.2, 0) is 5.41 Å². The van der Waals surface area contributed by atoms with Gasteiger partial charge in [0.05, 0.1) is 0 Å². The molecule has 0 radical (unpaired) electrons. The molecule has 0 fully saturated rings. The second-order valence-electron chi connectivity index (χ2n) is 4.36. The Labute approximate surface area is 105 Å². The third-order valence-electron chi connectivity index (χ3n) is 2.99. The summed E-state index contributed by atoms with van der Waals surface area (Å²) in [6.45, 7) is 8.52. The van der Waals surface area contributed by atoms with Crippen molar-refractivity contribution in [1.29, 1.82) is 0 Å². The highest BCUT2D eigenvalue weighted by molar-refractivity contribution is 5.36. The van der Waals surface area contributed by atoms with E-state index in [2.05, 4.69) is 74.5 Å². The molecule has 0 N–H and O–H groups in total. The van der Waals surface area contributed by atoms with E-state index in [1.54, 1.807) is 0 Å². The molecule has 0 saturated carbocycles. The summed E-state index contributed by atoms with van der Waals surface area (Å²) in [7, 11) is 0. The highest BCUT2D eigenvalue weighted by Crippen LogP contribution is 2.30. The zero-order valence-electron chi connectivity index (χ0n) is 11.3. The Morgan fingerprint density at radius 3 is 1.18 bits per heavy atom. The quantitative estimate of drug-likeness (QED) is 0.673. The molecule has 0 aliphatic rings. The first-order valence-corrected chi connectivity index (χ1v) is 6.32. The molecule has 0 atom stereocenters. The van der Waals surface area contributed by atoms with Crippen molar-refractivity contribution in [3.63, 3.8) is 0 Å².